The second-order valence-electron chi connectivity index (χ2n) is 8.52. The summed E-state index contributed by atoms with van der Waals surface area (Å²) < 4.78 is 78.7. The van der Waals surface area contributed by atoms with Gasteiger partial charge in [-0.05, 0) is 73.9 Å². The molecular weight excluding hydrogens is 486 g/mol. The quantitative estimate of drug-likeness (QED) is 0.394. The number of aryl methyl sites for hydroxylation is 2. The largest absolute Gasteiger partial charge is 0.416 e. The Kier molecular flexibility index (Phi) is 6.55. The van der Waals surface area contributed by atoms with E-state index in [9.17, 15) is 35.9 Å². The third kappa shape index (κ3) is 5.37. The lowest BCUT2D eigenvalue weighted by Crippen LogP contribution is -2.35. The van der Waals surface area contributed by atoms with Gasteiger partial charge in [-0.15, -0.1) is 0 Å². The minimum atomic E-state index is -5.03. The fraction of sp³-hybridized carbons (Fsp3) is 0.231. The highest BCUT2D eigenvalue weighted by molar-refractivity contribution is 6.08. The standard InChI is InChI=1S/C26H20F6N2O2/c1-15-4-2-5-18(10-15)24(36)34-9-3-6-16-11-17(7-8-22(16)34)23(35)33-21-13-19(25(27,28)29)12-20(14-21)26(30,31)32/h2,4-5,7-8,10-14H,3,6,9H2,1H3,(H,33,35). The predicted octanol–water partition coefficient (Wildman–Crippen LogP) is 6.88. The number of nitrogens with one attached hydrogen (secondary N) is 1. The normalized spacial score (nSPS) is 13.8. The number of nitrogens with zero attached hydrogens (tertiary/aromatic N) is 1. The van der Waals surface area contributed by atoms with Crippen molar-refractivity contribution < 1.29 is 35.9 Å². The first-order valence-electron chi connectivity index (χ1n) is 11.0. The van der Waals surface area contributed by atoms with Crippen molar-refractivity contribution in [3.63, 3.8) is 0 Å². The zero-order valence-corrected chi connectivity index (χ0v) is 18.9. The van der Waals surface area contributed by atoms with Gasteiger partial charge >= 0.3 is 12.4 Å². The van der Waals surface area contributed by atoms with Gasteiger partial charge in [0.15, 0.2) is 0 Å². The minimum Gasteiger partial charge on any atom is -0.322 e. The van der Waals surface area contributed by atoms with E-state index in [1.807, 2.05) is 13.0 Å². The number of fused-ring (bicyclic) bond motifs is 1. The summed E-state index contributed by atoms with van der Waals surface area (Å²) >= 11 is 0. The van der Waals surface area contributed by atoms with Crippen LogP contribution in [-0.2, 0) is 18.8 Å². The third-order valence-electron chi connectivity index (χ3n) is 5.82. The number of carbonyl (C=O) groups is 2. The zero-order chi connectivity index (χ0) is 26.3. The van der Waals surface area contributed by atoms with E-state index in [0.717, 1.165) is 5.56 Å². The summed E-state index contributed by atoms with van der Waals surface area (Å²) in [6, 6.07) is 12.5. The number of hydrogen-bond acceptors (Lipinski definition) is 2. The number of amides is 2. The molecule has 10 heteroatoms. The van der Waals surface area contributed by atoms with Gasteiger partial charge in [-0.25, -0.2) is 0 Å². The highest BCUT2D eigenvalue weighted by Gasteiger charge is 2.37. The lowest BCUT2D eigenvalue weighted by atomic mass is 9.97. The number of carbonyl (C=O) groups excluding carboxylic acids is 2. The Morgan fingerprint density at radius 2 is 1.50 bits per heavy atom. The second kappa shape index (κ2) is 9.33. The summed E-state index contributed by atoms with van der Waals surface area (Å²) in [6.07, 6.45) is -8.88. The molecule has 188 valence electrons. The smallest absolute Gasteiger partial charge is 0.322 e. The molecule has 1 N–H and O–H groups in total. The predicted molar refractivity (Wildman–Crippen MR) is 122 cm³/mol. The molecule has 0 saturated carbocycles. The molecule has 1 heterocycles. The van der Waals surface area contributed by atoms with Crippen LogP contribution in [0.4, 0.5) is 37.7 Å². The molecule has 1 aliphatic rings. The molecular formula is C26H20F6N2O2. The van der Waals surface area contributed by atoms with Crippen molar-refractivity contribution >= 4 is 23.2 Å². The fourth-order valence-corrected chi connectivity index (χ4v) is 4.11. The number of halogens is 6. The van der Waals surface area contributed by atoms with Crippen LogP contribution in [0, 0.1) is 6.92 Å². The molecule has 4 rings (SSSR count). The van der Waals surface area contributed by atoms with Crippen LogP contribution in [-0.4, -0.2) is 18.4 Å². The molecule has 1 aliphatic heterocycles. The van der Waals surface area contributed by atoms with Crippen LogP contribution in [0.15, 0.2) is 60.7 Å². The van der Waals surface area contributed by atoms with Gasteiger partial charge in [0.05, 0.1) is 11.1 Å². The summed E-state index contributed by atoms with van der Waals surface area (Å²) in [5, 5.41) is 2.14. The van der Waals surface area contributed by atoms with Crippen molar-refractivity contribution in [2.75, 3.05) is 16.8 Å². The van der Waals surface area contributed by atoms with Gasteiger partial charge in [-0.2, -0.15) is 26.3 Å². The Balaban J connectivity index is 1.61. The molecule has 0 spiro atoms. The fourth-order valence-electron chi connectivity index (χ4n) is 4.11. The Morgan fingerprint density at radius 3 is 2.11 bits per heavy atom. The molecule has 0 radical (unpaired) electrons. The van der Waals surface area contributed by atoms with Crippen molar-refractivity contribution in [3.05, 3.63) is 94.0 Å². The van der Waals surface area contributed by atoms with Gasteiger partial charge in [0.2, 0.25) is 0 Å². The van der Waals surface area contributed by atoms with Gasteiger partial charge < -0.3 is 10.2 Å². The average Bonchev–Trinajstić information content (AvgIpc) is 2.81. The van der Waals surface area contributed by atoms with Gasteiger partial charge in [0, 0.05) is 29.0 Å². The molecule has 3 aromatic carbocycles. The molecule has 0 saturated heterocycles. The van der Waals surface area contributed by atoms with Crippen molar-refractivity contribution in [3.8, 4) is 0 Å². The van der Waals surface area contributed by atoms with Crippen LogP contribution < -0.4 is 10.2 Å². The van der Waals surface area contributed by atoms with E-state index in [1.54, 1.807) is 29.2 Å². The Bertz CT molecular complexity index is 1300. The van der Waals surface area contributed by atoms with Crippen LogP contribution >= 0.6 is 0 Å². The Labute approximate surface area is 202 Å². The molecule has 3 aromatic rings. The monoisotopic (exact) mass is 506 g/mol. The number of benzene rings is 3. The van der Waals surface area contributed by atoms with E-state index in [4.69, 9.17) is 0 Å². The maximum Gasteiger partial charge on any atom is 0.416 e. The van der Waals surface area contributed by atoms with Gasteiger partial charge in [0.1, 0.15) is 0 Å². The molecule has 0 aliphatic carbocycles. The molecule has 0 atom stereocenters. The van der Waals surface area contributed by atoms with Crippen LogP contribution in [0.1, 0.15) is 49.4 Å². The van der Waals surface area contributed by atoms with E-state index in [2.05, 4.69) is 5.32 Å². The Morgan fingerprint density at radius 1 is 0.833 bits per heavy atom. The summed E-state index contributed by atoms with van der Waals surface area (Å²) in [6.45, 7) is 2.34. The highest BCUT2D eigenvalue weighted by Crippen LogP contribution is 2.38. The number of hydrogen-bond donors (Lipinski definition) is 1. The molecule has 0 fully saturated rings. The first-order valence-corrected chi connectivity index (χ1v) is 11.0. The molecule has 0 unspecified atom stereocenters. The van der Waals surface area contributed by atoms with E-state index in [0.29, 0.717) is 48.3 Å². The molecule has 4 nitrogen and oxygen atoms in total. The van der Waals surface area contributed by atoms with Crippen LogP contribution in [0.25, 0.3) is 0 Å². The van der Waals surface area contributed by atoms with E-state index in [1.165, 1.54) is 12.1 Å². The van der Waals surface area contributed by atoms with Crippen molar-refractivity contribution in [1.29, 1.82) is 0 Å². The van der Waals surface area contributed by atoms with E-state index >= 15 is 0 Å². The maximum absolute atomic E-state index is 13.1. The average molecular weight is 506 g/mol. The number of rotatable bonds is 3. The van der Waals surface area contributed by atoms with Crippen molar-refractivity contribution in [1.82, 2.24) is 0 Å². The van der Waals surface area contributed by atoms with Gasteiger partial charge in [0.25, 0.3) is 11.8 Å². The van der Waals surface area contributed by atoms with Crippen molar-refractivity contribution in [2.45, 2.75) is 32.1 Å². The molecule has 0 aromatic heterocycles. The topological polar surface area (TPSA) is 49.4 Å². The summed E-state index contributed by atoms with van der Waals surface area (Å²) in [5.74, 6) is -1.08. The lowest BCUT2D eigenvalue weighted by molar-refractivity contribution is -0.143. The van der Waals surface area contributed by atoms with Gasteiger partial charge in [-0.1, -0.05) is 17.7 Å². The first-order chi connectivity index (χ1) is 16.8. The van der Waals surface area contributed by atoms with E-state index < -0.39 is 35.1 Å². The molecule has 36 heavy (non-hydrogen) atoms. The summed E-state index contributed by atoms with van der Waals surface area (Å²) in [4.78, 5) is 27.4. The lowest BCUT2D eigenvalue weighted by Gasteiger charge is -2.30. The summed E-state index contributed by atoms with van der Waals surface area (Å²) in [7, 11) is 0. The van der Waals surface area contributed by atoms with E-state index in [-0.39, 0.29) is 17.5 Å². The molecule has 2 amide bonds. The third-order valence-corrected chi connectivity index (χ3v) is 5.82. The van der Waals surface area contributed by atoms with Crippen LogP contribution in [0.2, 0.25) is 0 Å². The van der Waals surface area contributed by atoms with Crippen molar-refractivity contribution in [2.24, 2.45) is 0 Å². The molecule has 0 bridgehead atoms. The zero-order valence-electron chi connectivity index (χ0n) is 18.9. The Hall–Kier alpha value is -3.82. The highest BCUT2D eigenvalue weighted by atomic mass is 19.4. The maximum atomic E-state index is 13.1. The SMILES string of the molecule is Cc1cccc(C(=O)N2CCCc3cc(C(=O)Nc4cc(C(F)(F)F)cc(C(F)(F)F)c4)ccc32)c1. The minimum absolute atomic E-state index is 0.00558. The van der Waals surface area contributed by atoms with Gasteiger partial charge in [-0.3, -0.25) is 9.59 Å². The first kappa shape index (κ1) is 25.3. The number of anilines is 2. The second-order valence-corrected chi connectivity index (χ2v) is 8.52. The number of alkyl halides is 6. The summed E-state index contributed by atoms with van der Waals surface area (Å²) in [5.41, 5.74) is -0.923. The van der Waals surface area contributed by atoms with Crippen LogP contribution in [0.3, 0.4) is 0 Å². The van der Waals surface area contributed by atoms with Crippen LogP contribution in [0.5, 0.6) is 0 Å².